The average Bonchev–Trinajstić information content (AvgIpc) is 3.26. The molecule has 1 aliphatic carbocycles. The molecule has 0 saturated heterocycles. The fourth-order valence-corrected chi connectivity index (χ4v) is 5.48. The number of hydrogen-bond donors (Lipinski definition) is 0. The Morgan fingerprint density at radius 1 is 0.710 bits per heavy atom. The van der Waals surface area contributed by atoms with Gasteiger partial charge in [0.25, 0.3) is 0 Å². The molecule has 1 heterocycles. The largest absolute Gasteiger partial charge is 0.309 e. The third-order valence-corrected chi connectivity index (χ3v) is 7.17. The van der Waals surface area contributed by atoms with E-state index in [0.717, 1.165) is 4.47 Å². The van der Waals surface area contributed by atoms with Gasteiger partial charge in [-0.3, -0.25) is 0 Å². The van der Waals surface area contributed by atoms with E-state index in [2.05, 4.69) is 131 Å². The van der Waals surface area contributed by atoms with E-state index >= 15 is 0 Å². The Kier molecular flexibility index (Phi) is 4.03. The standard InChI is InChI=1S/C29H22BrN/c1-29(2)25-17-14-20(19-12-15-21(30)16-13-19)18-24(25)28-27(29)23-10-6-7-11-26(23)31(28)22-8-4-3-5-9-22/h3-18H,1-2H3. The maximum Gasteiger partial charge on any atom is 0.0585 e. The molecular weight excluding hydrogens is 442 g/mol. The first-order valence-corrected chi connectivity index (χ1v) is 11.5. The lowest BCUT2D eigenvalue weighted by molar-refractivity contribution is 0.666. The van der Waals surface area contributed by atoms with Gasteiger partial charge in [-0.15, -0.1) is 0 Å². The van der Waals surface area contributed by atoms with Gasteiger partial charge in [-0.05, 0) is 58.7 Å². The van der Waals surface area contributed by atoms with Crippen LogP contribution in [0, 0.1) is 0 Å². The molecule has 2 heteroatoms. The molecule has 0 aliphatic heterocycles. The predicted molar refractivity (Wildman–Crippen MR) is 134 cm³/mol. The van der Waals surface area contributed by atoms with Gasteiger partial charge in [0.1, 0.15) is 0 Å². The molecule has 1 aliphatic rings. The lowest BCUT2D eigenvalue weighted by atomic mass is 9.81. The second kappa shape index (κ2) is 6.70. The van der Waals surface area contributed by atoms with Crippen molar-refractivity contribution in [2.45, 2.75) is 19.3 Å². The van der Waals surface area contributed by atoms with Gasteiger partial charge in [0.15, 0.2) is 0 Å². The summed E-state index contributed by atoms with van der Waals surface area (Å²) in [6.45, 7) is 4.72. The first-order chi connectivity index (χ1) is 15.1. The molecule has 0 saturated carbocycles. The maximum absolute atomic E-state index is 3.56. The number of rotatable bonds is 2. The van der Waals surface area contributed by atoms with Crippen molar-refractivity contribution in [3.63, 3.8) is 0 Å². The van der Waals surface area contributed by atoms with Gasteiger partial charge in [-0.2, -0.15) is 0 Å². The summed E-state index contributed by atoms with van der Waals surface area (Å²) < 4.78 is 3.55. The number of hydrogen-bond acceptors (Lipinski definition) is 0. The van der Waals surface area contributed by atoms with Gasteiger partial charge >= 0.3 is 0 Å². The Morgan fingerprint density at radius 2 is 1.39 bits per heavy atom. The van der Waals surface area contributed by atoms with Crippen LogP contribution < -0.4 is 0 Å². The van der Waals surface area contributed by atoms with Gasteiger partial charge < -0.3 is 4.57 Å². The van der Waals surface area contributed by atoms with Gasteiger partial charge in [0, 0.05) is 26.5 Å². The van der Waals surface area contributed by atoms with E-state index in [1.165, 1.54) is 50.1 Å². The molecule has 0 bridgehead atoms. The highest BCUT2D eigenvalue weighted by atomic mass is 79.9. The number of para-hydroxylation sites is 2. The normalized spacial score (nSPS) is 13.9. The Labute approximate surface area is 191 Å². The van der Waals surface area contributed by atoms with Crippen LogP contribution >= 0.6 is 15.9 Å². The van der Waals surface area contributed by atoms with Crippen LogP contribution in [0.25, 0.3) is 39.0 Å². The van der Waals surface area contributed by atoms with E-state index in [1.54, 1.807) is 0 Å². The van der Waals surface area contributed by atoms with Gasteiger partial charge in [-0.1, -0.05) is 90.4 Å². The minimum Gasteiger partial charge on any atom is -0.309 e. The van der Waals surface area contributed by atoms with Crippen molar-refractivity contribution in [1.82, 2.24) is 4.57 Å². The number of nitrogens with zero attached hydrogens (tertiary/aromatic N) is 1. The third kappa shape index (κ3) is 2.68. The first kappa shape index (κ1) is 18.7. The molecule has 1 nitrogen and oxygen atoms in total. The molecule has 4 aromatic carbocycles. The van der Waals surface area contributed by atoms with Gasteiger partial charge in [0.05, 0.1) is 11.2 Å². The van der Waals surface area contributed by atoms with Crippen LogP contribution in [0.15, 0.2) is 102 Å². The summed E-state index contributed by atoms with van der Waals surface area (Å²) in [7, 11) is 0. The minimum atomic E-state index is -0.0530. The summed E-state index contributed by atoms with van der Waals surface area (Å²) in [5.41, 5.74) is 10.4. The molecule has 150 valence electrons. The van der Waals surface area contributed by atoms with E-state index in [9.17, 15) is 0 Å². The second-order valence-electron chi connectivity index (χ2n) is 8.80. The van der Waals surface area contributed by atoms with E-state index in [1.807, 2.05) is 0 Å². The van der Waals surface area contributed by atoms with Crippen LogP contribution in [0.1, 0.15) is 25.0 Å². The lowest BCUT2D eigenvalue weighted by Gasteiger charge is -2.21. The number of fused-ring (bicyclic) bond motifs is 5. The highest BCUT2D eigenvalue weighted by molar-refractivity contribution is 9.10. The molecule has 0 amide bonds. The number of aromatic nitrogens is 1. The van der Waals surface area contributed by atoms with E-state index in [0.29, 0.717) is 0 Å². The summed E-state index contributed by atoms with van der Waals surface area (Å²) in [5.74, 6) is 0. The van der Waals surface area contributed by atoms with Crippen molar-refractivity contribution < 1.29 is 0 Å². The van der Waals surface area contributed by atoms with Gasteiger partial charge in [-0.25, -0.2) is 0 Å². The van der Waals surface area contributed by atoms with Crippen LogP contribution in [0.4, 0.5) is 0 Å². The Balaban J connectivity index is 1.70. The molecule has 31 heavy (non-hydrogen) atoms. The maximum atomic E-state index is 3.56. The average molecular weight is 464 g/mol. The zero-order valence-electron chi connectivity index (χ0n) is 17.6. The highest BCUT2D eigenvalue weighted by Crippen LogP contribution is 2.54. The SMILES string of the molecule is CC1(C)c2ccc(-c3ccc(Br)cc3)cc2-c2c1c1ccccc1n2-c1ccccc1. The fourth-order valence-electron chi connectivity index (χ4n) is 5.21. The van der Waals surface area contributed by atoms with Crippen molar-refractivity contribution in [2.24, 2.45) is 0 Å². The first-order valence-electron chi connectivity index (χ1n) is 10.7. The van der Waals surface area contributed by atoms with E-state index in [4.69, 9.17) is 0 Å². The summed E-state index contributed by atoms with van der Waals surface area (Å²) >= 11 is 3.56. The third-order valence-electron chi connectivity index (χ3n) is 6.64. The smallest absolute Gasteiger partial charge is 0.0585 e. The molecule has 5 aromatic rings. The van der Waals surface area contributed by atoms with Crippen molar-refractivity contribution in [1.29, 1.82) is 0 Å². The molecule has 0 fully saturated rings. The van der Waals surface area contributed by atoms with Crippen molar-refractivity contribution in [3.8, 4) is 28.1 Å². The van der Waals surface area contributed by atoms with Crippen LogP contribution in [-0.4, -0.2) is 4.57 Å². The molecule has 0 N–H and O–H groups in total. The van der Waals surface area contributed by atoms with Gasteiger partial charge in [0.2, 0.25) is 0 Å². The molecule has 6 rings (SSSR count). The number of benzene rings is 4. The fraction of sp³-hybridized carbons (Fsp3) is 0.103. The van der Waals surface area contributed by atoms with E-state index in [-0.39, 0.29) is 5.41 Å². The topological polar surface area (TPSA) is 4.93 Å². The zero-order valence-corrected chi connectivity index (χ0v) is 19.1. The summed E-state index contributed by atoms with van der Waals surface area (Å²) in [6.07, 6.45) is 0. The quantitative estimate of drug-likeness (QED) is 0.247. The zero-order chi connectivity index (χ0) is 21.2. The molecule has 0 atom stereocenters. The van der Waals surface area contributed by atoms with Crippen molar-refractivity contribution >= 4 is 26.8 Å². The summed E-state index contributed by atoms with van der Waals surface area (Å²) in [6, 6.07) is 35.1. The van der Waals surface area contributed by atoms with Crippen LogP contribution in [0.3, 0.4) is 0 Å². The molecule has 0 radical (unpaired) electrons. The monoisotopic (exact) mass is 463 g/mol. The van der Waals surface area contributed by atoms with Crippen molar-refractivity contribution in [3.05, 3.63) is 113 Å². The Bertz CT molecular complexity index is 1440. The highest BCUT2D eigenvalue weighted by Gasteiger charge is 2.40. The van der Waals surface area contributed by atoms with Crippen LogP contribution in [0.2, 0.25) is 0 Å². The van der Waals surface area contributed by atoms with Crippen molar-refractivity contribution in [2.75, 3.05) is 0 Å². The number of halogens is 1. The molecule has 0 unspecified atom stereocenters. The Morgan fingerprint density at radius 3 is 2.16 bits per heavy atom. The minimum absolute atomic E-state index is 0.0530. The molecule has 0 spiro atoms. The van der Waals surface area contributed by atoms with Crippen LogP contribution in [0.5, 0.6) is 0 Å². The Hall–Kier alpha value is -3.10. The molecule has 1 aromatic heterocycles. The molecular formula is C29H22BrN. The second-order valence-corrected chi connectivity index (χ2v) is 9.72. The lowest BCUT2D eigenvalue weighted by Crippen LogP contribution is -2.14. The predicted octanol–water partition coefficient (Wildman–Crippen LogP) is 8.37. The van der Waals surface area contributed by atoms with E-state index < -0.39 is 0 Å². The summed E-state index contributed by atoms with van der Waals surface area (Å²) in [5, 5.41) is 1.34. The van der Waals surface area contributed by atoms with Crippen LogP contribution in [-0.2, 0) is 5.41 Å². The summed E-state index contributed by atoms with van der Waals surface area (Å²) in [4.78, 5) is 0.